The molecular formula is C27H24FN5O4. The molecule has 0 unspecified atom stereocenters. The SMILES string of the molecule is COCCOc1cc2[nH]nc(/C(O)=C/C(=N)c3ccc(C(=O)N4Cc5ccncc5C4)cc3)c2cc1F. The van der Waals surface area contributed by atoms with Crippen molar-refractivity contribution in [2.24, 2.45) is 0 Å². The van der Waals surface area contributed by atoms with Gasteiger partial charge in [0.15, 0.2) is 11.6 Å². The minimum Gasteiger partial charge on any atom is -0.506 e. The van der Waals surface area contributed by atoms with Crippen LogP contribution < -0.4 is 4.74 Å². The number of hydrogen-bond donors (Lipinski definition) is 3. The van der Waals surface area contributed by atoms with Crippen molar-refractivity contribution in [3.63, 3.8) is 0 Å². The van der Waals surface area contributed by atoms with E-state index in [-0.39, 0.29) is 35.4 Å². The molecule has 1 aliphatic heterocycles. The third-order valence-electron chi connectivity index (χ3n) is 6.14. The van der Waals surface area contributed by atoms with Gasteiger partial charge in [0, 0.05) is 55.7 Å². The molecule has 5 rings (SSSR count). The number of carbonyl (C=O) groups is 1. The lowest BCUT2D eigenvalue weighted by molar-refractivity contribution is 0.0751. The number of aromatic nitrogens is 3. The van der Waals surface area contributed by atoms with E-state index in [9.17, 15) is 14.3 Å². The highest BCUT2D eigenvalue weighted by Crippen LogP contribution is 2.28. The lowest BCUT2D eigenvalue weighted by atomic mass is 10.1. The Morgan fingerprint density at radius 2 is 1.92 bits per heavy atom. The van der Waals surface area contributed by atoms with Crippen molar-refractivity contribution < 1.29 is 23.8 Å². The molecule has 0 aliphatic carbocycles. The molecule has 10 heteroatoms. The number of carbonyl (C=O) groups excluding carboxylic acids is 1. The van der Waals surface area contributed by atoms with Crippen molar-refractivity contribution in [3.05, 3.63) is 94.7 Å². The number of halogens is 1. The molecule has 0 fully saturated rings. The Morgan fingerprint density at radius 3 is 2.68 bits per heavy atom. The van der Waals surface area contributed by atoms with Crippen molar-refractivity contribution in [2.45, 2.75) is 13.1 Å². The van der Waals surface area contributed by atoms with Gasteiger partial charge in [-0.15, -0.1) is 0 Å². The van der Waals surface area contributed by atoms with Gasteiger partial charge in [0.2, 0.25) is 0 Å². The Labute approximate surface area is 211 Å². The van der Waals surface area contributed by atoms with Crippen LogP contribution in [0.3, 0.4) is 0 Å². The lowest BCUT2D eigenvalue weighted by Gasteiger charge is -2.15. The molecule has 0 radical (unpaired) electrons. The maximum Gasteiger partial charge on any atom is 0.254 e. The van der Waals surface area contributed by atoms with Gasteiger partial charge >= 0.3 is 0 Å². The molecule has 3 heterocycles. The third kappa shape index (κ3) is 4.91. The maximum absolute atomic E-state index is 14.5. The van der Waals surface area contributed by atoms with E-state index in [0.29, 0.717) is 41.7 Å². The van der Waals surface area contributed by atoms with Crippen LogP contribution in [0.25, 0.3) is 16.7 Å². The van der Waals surface area contributed by atoms with Crippen LogP contribution in [0.15, 0.2) is 60.9 Å². The first kappa shape index (κ1) is 24.1. The van der Waals surface area contributed by atoms with E-state index in [2.05, 4.69) is 15.2 Å². The van der Waals surface area contributed by atoms with Gasteiger partial charge < -0.3 is 24.9 Å². The second-order valence-electron chi connectivity index (χ2n) is 8.57. The average Bonchev–Trinajstić information content (AvgIpc) is 3.52. The van der Waals surface area contributed by atoms with Crippen molar-refractivity contribution in [3.8, 4) is 5.75 Å². The van der Waals surface area contributed by atoms with Gasteiger partial charge in [0.1, 0.15) is 18.1 Å². The van der Waals surface area contributed by atoms with E-state index in [0.717, 1.165) is 11.1 Å². The second kappa shape index (κ2) is 10.2. The number of nitrogens with one attached hydrogen (secondary N) is 2. The number of nitrogens with zero attached hydrogens (tertiary/aromatic N) is 3. The summed E-state index contributed by atoms with van der Waals surface area (Å²) in [6.45, 7) is 1.55. The molecule has 188 valence electrons. The number of aliphatic hydroxyl groups is 1. The zero-order valence-electron chi connectivity index (χ0n) is 20.0. The maximum atomic E-state index is 14.5. The molecule has 0 atom stereocenters. The van der Waals surface area contributed by atoms with Gasteiger partial charge in [-0.1, -0.05) is 12.1 Å². The average molecular weight is 502 g/mol. The van der Waals surface area contributed by atoms with E-state index in [4.69, 9.17) is 14.9 Å². The highest BCUT2D eigenvalue weighted by Gasteiger charge is 2.24. The van der Waals surface area contributed by atoms with Gasteiger partial charge in [0.05, 0.1) is 17.8 Å². The van der Waals surface area contributed by atoms with Crippen molar-refractivity contribution in [2.75, 3.05) is 20.3 Å². The Balaban J connectivity index is 1.29. The summed E-state index contributed by atoms with van der Waals surface area (Å²) in [6, 6.07) is 11.2. The molecule has 0 saturated heterocycles. The van der Waals surface area contributed by atoms with E-state index in [1.54, 1.807) is 41.6 Å². The lowest BCUT2D eigenvalue weighted by Crippen LogP contribution is -2.25. The summed E-state index contributed by atoms with van der Waals surface area (Å²) >= 11 is 0. The number of ether oxygens (including phenoxy) is 2. The number of H-pyrrole nitrogens is 1. The number of hydrogen-bond acceptors (Lipinski definition) is 7. The Bertz CT molecular complexity index is 1490. The van der Waals surface area contributed by atoms with E-state index in [1.807, 2.05) is 6.07 Å². The van der Waals surface area contributed by atoms with Gasteiger partial charge in [-0.2, -0.15) is 5.10 Å². The van der Waals surface area contributed by atoms with Crippen molar-refractivity contribution in [1.29, 1.82) is 5.41 Å². The summed E-state index contributed by atoms with van der Waals surface area (Å²) in [5.74, 6) is -0.970. The Hall–Kier alpha value is -4.57. The molecule has 3 N–H and O–H groups in total. The number of methoxy groups -OCH3 is 1. The van der Waals surface area contributed by atoms with Crippen LogP contribution in [0, 0.1) is 11.2 Å². The fourth-order valence-corrected chi connectivity index (χ4v) is 4.19. The molecule has 9 nitrogen and oxygen atoms in total. The van der Waals surface area contributed by atoms with Crippen molar-refractivity contribution >= 4 is 28.3 Å². The number of fused-ring (bicyclic) bond motifs is 2. The van der Waals surface area contributed by atoms with Crippen LogP contribution in [-0.2, 0) is 17.8 Å². The van der Waals surface area contributed by atoms with Crippen LogP contribution in [0.5, 0.6) is 5.75 Å². The number of benzene rings is 2. The third-order valence-corrected chi connectivity index (χ3v) is 6.14. The van der Waals surface area contributed by atoms with Crippen LogP contribution in [-0.4, -0.2) is 57.1 Å². The first-order chi connectivity index (χ1) is 17.9. The molecule has 0 saturated carbocycles. The summed E-state index contributed by atoms with van der Waals surface area (Å²) < 4.78 is 24.8. The zero-order valence-corrected chi connectivity index (χ0v) is 20.0. The molecule has 0 bridgehead atoms. The predicted molar refractivity (Wildman–Crippen MR) is 135 cm³/mol. The van der Waals surface area contributed by atoms with Gasteiger partial charge in [-0.25, -0.2) is 4.39 Å². The quantitative estimate of drug-likeness (QED) is 0.188. The number of aromatic amines is 1. The predicted octanol–water partition coefficient (Wildman–Crippen LogP) is 4.25. The normalized spacial score (nSPS) is 13.1. The van der Waals surface area contributed by atoms with Gasteiger partial charge in [-0.3, -0.25) is 14.9 Å². The summed E-state index contributed by atoms with van der Waals surface area (Å²) in [5, 5.41) is 26.2. The molecule has 2 aromatic heterocycles. The molecule has 0 spiro atoms. The number of amides is 1. The fourth-order valence-electron chi connectivity index (χ4n) is 4.19. The van der Waals surface area contributed by atoms with Gasteiger partial charge in [0.25, 0.3) is 5.91 Å². The number of aliphatic hydroxyl groups excluding tert-OH is 1. The molecule has 1 aliphatic rings. The van der Waals surface area contributed by atoms with Crippen LogP contribution in [0.4, 0.5) is 4.39 Å². The first-order valence-corrected chi connectivity index (χ1v) is 11.5. The van der Waals surface area contributed by atoms with Crippen LogP contribution in [0.2, 0.25) is 0 Å². The van der Waals surface area contributed by atoms with Crippen LogP contribution >= 0.6 is 0 Å². The number of rotatable bonds is 8. The monoisotopic (exact) mass is 501 g/mol. The smallest absolute Gasteiger partial charge is 0.254 e. The highest BCUT2D eigenvalue weighted by molar-refractivity contribution is 6.10. The summed E-state index contributed by atoms with van der Waals surface area (Å²) in [5.41, 5.74) is 3.71. The zero-order chi connectivity index (χ0) is 25.9. The first-order valence-electron chi connectivity index (χ1n) is 11.5. The highest BCUT2D eigenvalue weighted by atomic mass is 19.1. The molecule has 37 heavy (non-hydrogen) atoms. The molecule has 4 aromatic rings. The summed E-state index contributed by atoms with van der Waals surface area (Å²) in [7, 11) is 1.52. The standard InChI is InChI=1S/C27H24FN5O4/c1-36-8-9-37-25-12-23-20(10-21(25)28)26(32-31-23)24(34)11-22(29)16-2-4-17(5-3-16)27(35)33-14-18-6-7-30-13-19(18)15-33/h2-7,10-13,29,34H,8-9,14-15H2,1H3,(H,31,32)/b24-11-,29-22?. The minimum absolute atomic E-state index is 0.00675. The van der Waals surface area contributed by atoms with E-state index in [1.165, 1.54) is 25.3 Å². The van der Waals surface area contributed by atoms with Gasteiger partial charge in [-0.05, 0) is 41.0 Å². The van der Waals surface area contributed by atoms with E-state index >= 15 is 0 Å². The topological polar surface area (TPSA) is 124 Å². The molecular weight excluding hydrogens is 477 g/mol. The summed E-state index contributed by atoms with van der Waals surface area (Å²) in [6.07, 6.45) is 4.73. The Kier molecular flexibility index (Phi) is 6.65. The van der Waals surface area contributed by atoms with Crippen LogP contribution in [0.1, 0.15) is 32.7 Å². The van der Waals surface area contributed by atoms with E-state index < -0.39 is 5.82 Å². The second-order valence-corrected chi connectivity index (χ2v) is 8.57. The number of pyridine rings is 1. The van der Waals surface area contributed by atoms with Crippen molar-refractivity contribution in [1.82, 2.24) is 20.1 Å². The molecule has 1 amide bonds. The largest absolute Gasteiger partial charge is 0.506 e. The minimum atomic E-state index is -0.605. The molecule has 2 aromatic carbocycles. The summed E-state index contributed by atoms with van der Waals surface area (Å²) in [4.78, 5) is 18.8. The Morgan fingerprint density at radius 1 is 1.16 bits per heavy atom. The fraction of sp³-hybridized carbons (Fsp3) is 0.185. The number of allylic oxidation sites excluding steroid dienone is 1.